The van der Waals surface area contributed by atoms with Gasteiger partial charge in [0.2, 0.25) is 0 Å². The largest absolute Gasteiger partial charge is 0.481 e. The number of aliphatic hydroxyl groups is 1. The van der Waals surface area contributed by atoms with E-state index in [1.165, 1.54) is 5.57 Å². The number of carbonyl (C=O) groups excluding carboxylic acids is 1. The van der Waals surface area contributed by atoms with Gasteiger partial charge in [0.25, 0.3) is 0 Å². The van der Waals surface area contributed by atoms with Crippen LogP contribution in [0.1, 0.15) is 106 Å². The first-order valence-electron chi connectivity index (χ1n) is 13.7. The lowest BCUT2D eigenvalue weighted by atomic mass is 9.33. The summed E-state index contributed by atoms with van der Waals surface area (Å²) < 4.78 is 0. The number of rotatable bonds is 1. The number of aliphatic hydroxyl groups excluding tert-OH is 1. The van der Waals surface area contributed by atoms with Crippen molar-refractivity contribution in [3.8, 4) is 0 Å². The van der Waals surface area contributed by atoms with Gasteiger partial charge in [0.15, 0.2) is 5.78 Å². The topological polar surface area (TPSA) is 74.6 Å². The maximum Gasteiger partial charge on any atom is 0.310 e. The van der Waals surface area contributed by atoms with Gasteiger partial charge in [-0.05, 0) is 90.8 Å². The van der Waals surface area contributed by atoms with Gasteiger partial charge in [-0.2, -0.15) is 0 Å². The average molecular weight is 471 g/mol. The van der Waals surface area contributed by atoms with E-state index >= 15 is 0 Å². The van der Waals surface area contributed by atoms with Crippen molar-refractivity contribution in [2.45, 2.75) is 112 Å². The highest BCUT2D eigenvalue weighted by Crippen LogP contribution is 2.75. The first kappa shape index (κ1) is 24.5. The Hall–Kier alpha value is -1.16. The minimum absolute atomic E-state index is 0.00972. The summed E-state index contributed by atoms with van der Waals surface area (Å²) in [7, 11) is 0. The van der Waals surface area contributed by atoms with Gasteiger partial charge < -0.3 is 10.2 Å². The number of aliphatic carboxylic acids is 1. The van der Waals surface area contributed by atoms with Crippen molar-refractivity contribution in [1.82, 2.24) is 0 Å². The van der Waals surface area contributed by atoms with Crippen LogP contribution in [0.15, 0.2) is 11.6 Å². The number of hydrogen-bond acceptors (Lipinski definition) is 3. The molecule has 0 aromatic carbocycles. The molecule has 4 heteroatoms. The SMILES string of the molecule is CC1(C)CC[C@]2(C(=O)O)CC[C@]3(C)C(=CC[C@@H]4[C@@]5(C)CC(=O)C(O)C(C)(C)C5CC[C@]43C)[C@H]2C1. The molecule has 5 aliphatic carbocycles. The lowest BCUT2D eigenvalue weighted by Crippen LogP contribution is -2.66. The molecule has 4 nitrogen and oxygen atoms in total. The molecule has 0 heterocycles. The number of carboxylic acids is 1. The van der Waals surface area contributed by atoms with E-state index in [0.717, 1.165) is 51.4 Å². The molecular weight excluding hydrogens is 424 g/mol. The second-order valence-electron chi connectivity index (χ2n) is 15.0. The van der Waals surface area contributed by atoms with Crippen LogP contribution in [-0.2, 0) is 9.59 Å². The third-order valence-corrected chi connectivity index (χ3v) is 12.8. The summed E-state index contributed by atoms with van der Waals surface area (Å²) in [6.07, 6.45) is 9.53. The molecule has 8 atom stereocenters. The maximum absolute atomic E-state index is 13.1. The number of ketones is 1. The van der Waals surface area contributed by atoms with E-state index in [0.29, 0.717) is 18.3 Å². The van der Waals surface area contributed by atoms with E-state index in [1.54, 1.807) is 0 Å². The van der Waals surface area contributed by atoms with Crippen LogP contribution in [0.3, 0.4) is 0 Å². The molecule has 190 valence electrons. The lowest BCUT2D eigenvalue weighted by Gasteiger charge is -2.70. The van der Waals surface area contributed by atoms with E-state index in [2.05, 4.69) is 54.5 Å². The number of fused-ring (bicyclic) bond motifs is 7. The predicted molar refractivity (Wildman–Crippen MR) is 133 cm³/mol. The van der Waals surface area contributed by atoms with Crippen LogP contribution in [0.2, 0.25) is 0 Å². The number of Topliss-reactive ketones (excluding diaryl/α,β-unsaturated/α-hetero) is 1. The fourth-order valence-corrected chi connectivity index (χ4v) is 10.5. The van der Waals surface area contributed by atoms with Gasteiger partial charge in [-0.15, -0.1) is 0 Å². The Morgan fingerprint density at radius 3 is 2.24 bits per heavy atom. The zero-order valence-electron chi connectivity index (χ0n) is 22.5. The van der Waals surface area contributed by atoms with Gasteiger partial charge in [0, 0.05) is 11.8 Å². The Balaban J connectivity index is 1.61. The highest BCUT2D eigenvalue weighted by atomic mass is 16.4. The molecule has 0 amide bonds. The predicted octanol–water partition coefficient (Wildman–Crippen LogP) is 6.41. The summed E-state index contributed by atoms with van der Waals surface area (Å²) in [4.78, 5) is 25.8. The maximum atomic E-state index is 13.1. The van der Waals surface area contributed by atoms with Crippen LogP contribution in [0.4, 0.5) is 0 Å². The molecule has 5 rings (SSSR count). The van der Waals surface area contributed by atoms with Gasteiger partial charge >= 0.3 is 5.97 Å². The Kier molecular flexibility index (Phi) is 5.04. The summed E-state index contributed by atoms with van der Waals surface area (Å²) in [5, 5.41) is 21.3. The van der Waals surface area contributed by atoms with Gasteiger partial charge in [0.05, 0.1) is 5.41 Å². The second kappa shape index (κ2) is 6.99. The van der Waals surface area contributed by atoms with Crippen LogP contribution in [0, 0.1) is 50.2 Å². The van der Waals surface area contributed by atoms with E-state index in [1.807, 2.05) is 0 Å². The summed E-state index contributed by atoms with van der Waals surface area (Å²) in [5.41, 5.74) is 0.436. The van der Waals surface area contributed by atoms with Gasteiger partial charge in [-0.1, -0.05) is 60.1 Å². The molecule has 0 aromatic rings. The lowest BCUT2D eigenvalue weighted by molar-refractivity contribution is -0.204. The van der Waals surface area contributed by atoms with Crippen LogP contribution in [-0.4, -0.2) is 28.1 Å². The fraction of sp³-hybridized carbons (Fsp3) is 0.867. The number of allylic oxidation sites excluding steroid dienone is 2. The fourth-order valence-electron chi connectivity index (χ4n) is 10.5. The smallest absolute Gasteiger partial charge is 0.310 e. The Morgan fingerprint density at radius 2 is 1.59 bits per heavy atom. The molecule has 2 N–H and O–H groups in total. The molecule has 0 aliphatic heterocycles. The van der Waals surface area contributed by atoms with Gasteiger partial charge in [0.1, 0.15) is 6.10 Å². The molecule has 0 saturated heterocycles. The van der Waals surface area contributed by atoms with Crippen molar-refractivity contribution in [3.63, 3.8) is 0 Å². The molecule has 0 aromatic heterocycles. The van der Waals surface area contributed by atoms with Crippen molar-refractivity contribution in [2.24, 2.45) is 50.2 Å². The molecule has 2 unspecified atom stereocenters. The third-order valence-electron chi connectivity index (χ3n) is 12.8. The molecule has 4 saturated carbocycles. The normalized spacial score (nSPS) is 51.3. The minimum Gasteiger partial charge on any atom is -0.481 e. The minimum atomic E-state index is -0.865. The average Bonchev–Trinajstić information content (AvgIpc) is 2.72. The molecule has 0 bridgehead atoms. The number of carboxylic acid groups (broad SMARTS) is 1. The van der Waals surface area contributed by atoms with Crippen LogP contribution in [0.5, 0.6) is 0 Å². The summed E-state index contributed by atoms with van der Waals surface area (Å²) in [6, 6.07) is 0. The monoisotopic (exact) mass is 470 g/mol. The van der Waals surface area contributed by atoms with Gasteiger partial charge in [-0.25, -0.2) is 0 Å². The van der Waals surface area contributed by atoms with Crippen molar-refractivity contribution in [2.75, 3.05) is 0 Å². The van der Waals surface area contributed by atoms with E-state index in [9.17, 15) is 19.8 Å². The van der Waals surface area contributed by atoms with E-state index < -0.39 is 22.9 Å². The highest BCUT2D eigenvalue weighted by molar-refractivity contribution is 5.85. The van der Waals surface area contributed by atoms with Crippen LogP contribution < -0.4 is 0 Å². The first-order chi connectivity index (χ1) is 15.6. The Bertz CT molecular complexity index is 961. The van der Waals surface area contributed by atoms with Crippen molar-refractivity contribution in [3.05, 3.63) is 11.6 Å². The highest BCUT2D eigenvalue weighted by Gasteiger charge is 2.70. The summed E-state index contributed by atoms with van der Waals surface area (Å²) in [6.45, 7) is 16.1. The zero-order chi connectivity index (χ0) is 25.1. The molecular formula is C30H46O4. The molecule has 0 radical (unpaired) electrons. The molecule has 34 heavy (non-hydrogen) atoms. The second-order valence-corrected chi connectivity index (χ2v) is 15.0. The standard InChI is InChI=1S/C30H46O4/c1-25(2)12-14-30(24(33)34)15-13-28(6)18(19(30)16-25)8-9-22-27(5)17-20(31)23(32)26(3,4)21(27)10-11-29(22,28)7/h8,19,21-23,32H,9-17H2,1-7H3,(H,33,34)/t19-,21?,22-,23?,27+,28-,29-,30+/m1/s1. The zero-order valence-corrected chi connectivity index (χ0v) is 22.5. The van der Waals surface area contributed by atoms with Crippen LogP contribution >= 0.6 is 0 Å². The molecule has 4 fully saturated rings. The van der Waals surface area contributed by atoms with E-state index in [4.69, 9.17) is 0 Å². The Labute approximate surface area is 206 Å². The summed E-state index contributed by atoms with van der Waals surface area (Å²) >= 11 is 0. The number of hydrogen-bond donors (Lipinski definition) is 2. The molecule has 5 aliphatic rings. The quantitative estimate of drug-likeness (QED) is 0.434. The van der Waals surface area contributed by atoms with Crippen molar-refractivity contribution >= 4 is 11.8 Å². The van der Waals surface area contributed by atoms with Crippen molar-refractivity contribution < 1.29 is 19.8 Å². The molecule has 0 spiro atoms. The van der Waals surface area contributed by atoms with Crippen LogP contribution in [0.25, 0.3) is 0 Å². The Morgan fingerprint density at radius 1 is 0.941 bits per heavy atom. The first-order valence-corrected chi connectivity index (χ1v) is 13.7. The van der Waals surface area contributed by atoms with Gasteiger partial charge in [-0.3, -0.25) is 9.59 Å². The summed E-state index contributed by atoms with van der Waals surface area (Å²) in [5.74, 6) is 0.224. The number of carbonyl (C=O) groups is 2. The third kappa shape index (κ3) is 2.81. The van der Waals surface area contributed by atoms with Crippen molar-refractivity contribution in [1.29, 1.82) is 0 Å². The van der Waals surface area contributed by atoms with E-state index in [-0.39, 0.29) is 33.4 Å².